The van der Waals surface area contributed by atoms with Crippen LogP contribution in [0.1, 0.15) is 25.5 Å². The number of carbonyl (C=O) groups is 1. The molecule has 7 heteroatoms. The number of nitro groups is 1. The molecule has 0 saturated carbocycles. The molecule has 0 aliphatic heterocycles. The topological polar surface area (TPSA) is 93.5 Å². The molecule has 1 amide bonds. The Labute approximate surface area is 146 Å². The van der Waals surface area contributed by atoms with E-state index < -0.39 is 11.0 Å². The molecule has 0 aliphatic carbocycles. The second-order valence-corrected chi connectivity index (χ2v) is 5.65. The molecule has 2 aromatic rings. The average Bonchev–Trinajstić information content (AvgIpc) is 2.61. The average molecular weight is 343 g/mol. The summed E-state index contributed by atoms with van der Waals surface area (Å²) >= 11 is 0. The first-order chi connectivity index (χ1) is 11.9. The summed E-state index contributed by atoms with van der Waals surface area (Å²) in [5, 5.41) is 16.6. The van der Waals surface area contributed by atoms with E-state index in [9.17, 15) is 14.9 Å². The number of carbonyl (C=O) groups excluding carboxylic acids is 1. The van der Waals surface area contributed by atoms with Crippen LogP contribution in [0, 0.1) is 10.1 Å². The van der Waals surface area contributed by atoms with Crippen LogP contribution in [0.15, 0.2) is 48.5 Å². The third kappa shape index (κ3) is 4.77. The zero-order valence-electron chi connectivity index (χ0n) is 14.4. The van der Waals surface area contributed by atoms with Gasteiger partial charge in [0.1, 0.15) is 5.75 Å². The van der Waals surface area contributed by atoms with E-state index in [2.05, 4.69) is 10.6 Å². The van der Waals surface area contributed by atoms with Crippen LogP contribution in [0.2, 0.25) is 0 Å². The Balaban J connectivity index is 1.98. The Bertz CT molecular complexity index is 746. The van der Waals surface area contributed by atoms with Crippen LogP contribution in [0.3, 0.4) is 0 Å². The van der Waals surface area contributed by atoms with Crippen LogP contribution in [-0.4, -0.2) is 24.0 Å². The molecule has 0 bridgehead atoms. The molecule has 25 heavy (non-hydrogen) atoms. The summed E-state index contributed by atoms with van der Waals surface area (Å²) in [5.74, 6) is 0.529. The predicted molar refractivity (Wildman–Crippen MR) is 95.7 cm³/mol. The number of nitrogens with zero attached hydrogens (tertiary/aromatic N) is 1. The summed E-state index contributed by atoms with van der Waals surface area (Å²) in [6, 6.07) is 12.8. The Kier molecular flexibility index (Phi) is 6.08. The number of rotatable bonds is 7. The molecular formula is C18H21N3O4. The Hall–Kier alpha value is -2.93. The maximum Gasteiger partial charge on any atom is 0.269 e. The normalized spacial score (nSPS) is 12.9. The van der Waals surface area contributed by atoms with Crippen LogP contribution in [-0.2, 0) is 4.79 Å². The molecular weight excluding hydrogens is 322 g/mol. The third-order valence-electron chi connectivity index (χ3n) is 3.84. The highest BCUT2D eigenvalue weighted by atomic mass is 16.6. The summed E-state index contributed by atoms with van der Waals surface area (Å²) in [5.41, 5.74) is 1.45. The van der Waals surface area contributed by atoms with Crippen molar-refractivity contribution in [3.63, 3.8) is 0 Å². The molecule has 2 rings (SSSR count). The number of para-hydroxylation sites is 1. The van der Waals surface area contributed by atoms with E-state index in [0.29, 0.717) is 5.69 Å². The van der Waals surface area contributed by atoms with Crippen LogP contribution in [0.4, 0.5) is 11.4 Å². The summed E-state index contributed by atoms with van der Waals surface area (Å²) < 4.78 is 5.34. The van der Waals surface area contributed by atoms with Gasteiger partial charge in [0.15, 0.2) is 0 Å². The third-order valence-corrected chi connectivity index (χ3v) is 3.84. The van der Waals surface area contributed by atoms with Crippen molar-refractivity contribution in [3.8, 4) is 5.75 Å². The Morgan fingerprint density at radius 2 is 1.76 bits per heavy atom. The van der Waals surface area contributed by atoms with Gasteiger partial charge in [0.2, 0.25) is 5.91 Å². The lowest BCUT2D eigenvalue weighted by molar-refractivity contribution is -0.384. The van der Waals surface area contributed by atoms with Crippen LogP contribution in [0.25, 0.3) is 0 Å². The summed E-state index contributed by atoms with van der Waals surface area (Å²) in [6.45, 7) is 3.71. The van der Waals surface area contributed by atoms with E-state index in [1.165, 1.54) is 24.3 Å². The number of hydrogen-bond acceptors (Lipinski definition) is 5. The van der Waals surface area contributed by atoms with E-state index in [4.69, 9.17) is 4.74 Å². The number of benzene rings is 2. The van der Waals surface area contributed by atoms with E-state index in [1.807, 2.05) is 31.2 Å². The number of ether oxygens (including phenoxy) is 1. The van der Waals surface area contributed by atoms with E-state index in [-0.39, 0.29) is 17.6 Å². The number of hydrogen-bond donors (Lipinski definition) is 2. The molecule has 2 aromatic carbocycles. The van der Waals surface area contributed by atoms with Gasteiger partial charge in [-0.2, -0.15) is 0 Å². The highest BCUT2D eigenvalue weighted by Crippen LogP contribution is 2.24. The molecule has 0 saturated heterocycles. The van der Waals surface area contributed by atoms with Crippen molar-refractivity contribution >= 4 is 17.3 Å². The van der Waals surface area contributed by atoms with Crippen molar-refractivity contribution < 1.29 is 14.5 Å². The highest BCUT2D eigenvalue weighted by molar-refractivity contribution is 5.94. The van der Waals surface area contributed by atoms with Crippen molar-refractivity contribution in [1.29, 1.82) is 0 Å². The number of amides is 1. The van der Waals surface area contributed by atoms with Crippen LogP contribution >= 0.6 is 0 Å². The molecule has 0 radical (unpaired) electrons. The number of nitrogens with one attached hydrogen (secondary N) is 2. The van der Waals surface area contributed by atoms with E-state index >= 15 is 0 Å². The minimum atomic E-state index is -0.481. The van der Waals surface area contributed by atoms with Gasteiger partial charge in [-0.25, -0.2) is 0 Å². The van der Waals surface area contributed by atoms with Crippen molar-refractivity contribution in [2.75, 3.05) is 12.4 Å². The minimum absolute atomic E-state index is 0.0195. The van der Waals surface area contributed by atoms with Crippen molar-refractivity contribution in [3.05, 3.63) is 64.2 Å². The highest BCUT2D eigenvalue weighted by Gasteiger charge is 2.18. The zero-order chi connectivity index (χ0) is 18.4. The second-order valence-electron chi connectivity index (χ2n) is 5.65. The van der Waals surface area contributed by atoms with Crippen molar-refractivity contribution in [2.45, 2.75) is 25.9 Å². The van der Waals surface area contributed by atoms with Crippen molar-refractivity contribution in [2.24, 2.45) is 0 Å². The first-order valence-electron chi connectivity index (χ1n) is 7.86. The van der Waals surface area contributed by atoms with Gasteiger partial charge in [-0.15, -0.1) is 0 Å². The zero-order valence-corrected chi connectivity index (χ0v) is 14.4. The maximum atomic E-state index is 12.3. The number of anilines is 1. The molecule has 7 nitrogen and oxygen atoms in total. The predicted octanol–water partition coefficient (Wildman–Crippen LogP) is 3.28. The molecule has 0 aliphatic rings. The van der Waals surface area contributed by atoms with Gasteiger partial charge in [0, 0.05) is 29.4 Å². The first kappa shape index (κ1) is 18.4. The fourth-order valence-corrected chi connectivity index (χ4v) is 2.48. The molecule has 0 unspecified atom stereocenters. The number of non-ortho nitro benzene ring substituents is 1. The van der Waals surface area contributed by atoms with E-state index in [0.717, 1.165) is 11.3 Å². The monoisotopic (exact) mass is 343 g/mol. The number of methoxy groups -OCH3 is 1. The fraction of sp³-hybridized carbons (Fsp3) is 0.278. The molecule has 0 spiro atoms. The minimum Gasteiger partial charge on any atom is -0.496 e. The van der Waals surface area contributed by atoms with Crippen LogP contribution in [0.5, 0.6) is 5.75 Å². The molecule has 132 valence electrons. The van der Waals surface area contributed by atoms with Gasteiger partial charge in [-0.1, -0.05) is 18.2 Å². The summed E-state index contributed by atoms with van der Waals surface area (Å²) in [7, 11) is 1.61. The molecule has 0 aromatic heterocycles. The largest absolute Gasteiger partial charge is 0.496 e. The summed E-state index contributed by atoms with van der Waals surface area (Å²) in [6.07, 6.45) is 0. The van der Waals surface area contributed by atoms with Gasteiger partial charge >= 0.3 is 0 Å². The molecule has 2 atom stereocenters. The lowest BCUT2D eigenvalue weighted by Crippen LogP contribution is -2.39. The summed E-state index contributed by atoms with van der Waals surface area (Å²) in [4.78, 5) is 22.5. The standard InChI is InChI=1S/C18H21N3O4/c1-12(16-6-4-5-7-17(16)25-3)19-13(2)18(22)20-14-8-10-15(11-9-14)21(23)24/h4-13,19H,1-3H3,(H,20,22)/t12-,13-/m1/s1. The Morgan fingerprint density at radius 1 is 1.12 bits per heavy atom. The number of nitro benzene ring substituents is 1. The molecule has 0 fully saturated rings. The van der Waals surface area contributed by atoms with Gasteiger partial charge < -0.3 is 10.1 Å². The Morgan fingerprint density at radius 3 is 2.36 bits per heavy atom. The quantitative estimate of drug-likeness (QED) is 0.594. The maximum absolute atomic E-state index is 12.3. The SMILES string of the molecule is COc1ccccc1[C@@H](C)N[C@H](C)C(=O)Nc1ccc([N+](=O)[O-])cc1. The lowest BCUT2D eigenvalue weighted by atomic mass is 10.1. The van der Waals surface area contributed by atoms with E-state index in [1.54, 1.807) is 14.0 Å². The van der Waals surface area contributed by atoms with Gasteiger partial charge in [0.05, 0.1) is 18.1 Å². The van der Waals surface area contributed by atoms with Gasteiger partial charge in [-0.05, 0) is 32.0 Å². The fourth-order valence-electron chi connectivity index (χ4n) is 2.48. The lowest BCUT2D eigenvalue weighted by Gasteiger charge is -2.21. The van der Waals surface area contributed by atoms with Gasteiger partial charge in [0.25, 0.3) is 5.69 Å². The van der Waals surface area contributed by atoms with Crippen LogP contribution < -0.4 is 15.4 Å². The molecule has 0 heterocycles. The first-order valence-corrected chi connectivity index (χ1v) is 7.86. The van der Waals surface area contributed by atoms with Gasteiger partial charge in [-0.3, -0.25) is 20.2 Å². The smallest absolute Gasteiger partial charge is 0.269 e. The van der Waals surface area contributed by atoms with Crippen molar-refractivity contribution in [1.82, 2.24) is 5.32 Å². The second kappa shape index (κ2) is 8.25. The molecule has 2 N–H and O–H groups in total.